The zero-order chi connectivity index (χ0) is 12.6. The highest BCUT2D eigenvalue weighted by Gasteiger charge is 1.94. The lowest BCUT2D eigenvalue weighted by Crippen LogP contribution is -2.15. The predicted octanol–water partition coefficient (Wildman–Crippen LogP) is 2.76. The molecule has 0 fully saturated rings. The van der Waals surface area contributed by atoms with E-state index in [2.05, 4.69) is 34.4 Å². The van der Waals surface area contributed by atoms with Crippen LogP contribution in [0.1, 0.15) is 18.4 Å². The van der Waals surface area contributed by atoms with Gasteiger partial charge < -0.3 is 15.0 Å². The van der Waals surface area contributed by atoms with Crippen LogP contribution in [-0.4, -0.2) is 16.2 Å². The predicted molar refractivity (Wildman–Crippen MR) is 73.5 cm³/mol. The average Bonchev–Trinajstić information content (AvgIpc) is 2.89. The van der Waals surface area contributed by atoms with E-state index in [1.165, 1.54) is 18.4 Å². The number of nitrogens with one attached hydrogen (secondary N) is 1. The minimum absolute atomic E-state index is 0.325. The van der Waals surface area contributed by atoms with Gasteiger partial charge in [-0.3, -0.25) is 0 Å². The summed E-state index contributed by atoms with van der Waals surface area (Å²) < 4.78 is 2.21. The van der Waals surface area contributed by atoms with Gasteiger partial charge in [0.25, 0.3) is 0 Å². The highest BCUT2D eigenvalue weighted by atomic mass is 16.3. The van der Waals surface area contributed by atoms with Crippen LogP contribution in [0.4, 0.5) is 0 Å². The fourth-order valence-corrected chi connectivity index (χ4v) is 1.91. The van der Waals surface area contributed by atoms with E-state index in [9.17, 15) is 0 Å². The van der Waals surface area contributed by atoms with Crippen LogP contribution in [0.25, 0.3) is 0 Å². The van der Waals surface area contributed by atoms with E-state index >= 15 is 0 Å². The lowest BCUT2D eigenvalue weighted by molar-refractivity contribution is 0.475. The number of aryl methyl sites for hydroxylation is 1. The topological polar surface area (TPSA) is 37.2 Å². The number of phenolic OH excluding ortho intramolecular Hbond substituents is 1. The number of hydrogen-bond acceptors (Lipinski definition) is 2. The summed E-state index contributed by atoms with van der Waals surface area (Å²) in [5.74, 6) is 0.325. The van der Waals surface area contributed by atoms with Crippen LogP contribution in [0.15, 0.2) is 48.8 Å². The molecule has 0 amide bonds. The summed E-state index contributed by atoms with van der Waals surface area (Å²) >= 11 is 0. The lowest BCUT2D eigenvalue weighted by atomic mass is 10.2. The molecule has 96 valence electrons. The van der Waals surface area contributed by atoms with Crippen molar-refractivity contribution in [3.8, 4) is 5.75 Å². The molecule has 0 aliphatic carbocycles. The number of unbranched alkanes of at least 4 members (excludes halogenated alkanes) is 1. The summed E-state index contributed by atoms with van der Waals surface area (Å²) in [6.45, 7) is 2.99. The first kappa shape index (κ1) is 12.7. The normalized spacial score (nSPS) is 10.7. The van der Waals surface area contributed by atoms with E-state index in [0.29, 0.717) is 5.75 Å². The molecule has 3 heteroatoms. The van der Waals surface area contributed by atoms with E-state index in [1.807, 2.05) is 12.1 Å². The highest BCUT2D eigenvalue weighted by molar-refractivity contribution is 5.25. The van der Waals surface area contributed by atoms with Crippen molar-refractivity contribution in [3.05, 3.63) is 54.4 Å². The van der Waals surface area contributed by atoms with Gasteiger partial charge in [-0.25, -0.2) is 0 Å². The molecule has 0 bridgehead atoms. The molecule has 0 atom stereocenters. The van der Waals surface area contributed by atoms with Gasteiger partial charge in [-0.05, 0) is 49.2 Å². The molecular formula is C15H20N2O. The number of rotatable bonds is 7. The first-order valence-corrected chi connectivity index (χ1v) is 6.44. The minimum Gasteiger partial charge on any atom is -0.508 e. The second kappa shape index (κ2) is 6.87. The van der Waals surface area contributed by atoms with E-state index in [-0.39, 0.29) is 0 Å². The van der Waals surface area contributed by atoms with E-state index in [4.69, 9.17) is 5.11 Å². The van der Waals surface area contributed by atoms with E-state index in [0.717, 1.165) is 19.6 Å². The van der Waals surface area contributed by atoms with Gasteiger partial charge >= 0.3 is 0 Å². The zero-order valence-electron chi connectivity index (χ0n) is 10.5. The fourth-order valence-electron chi connectivity index (χ4n) is 1.91. The van der Waals surface area contributed by atoms with Gasteiger partial charge in [0.2, 0.25) is 0 Å². The summed E-state index contributed by atoms with van der Waals surface area (Å²) in [6, 6.07) is 11.5. The Balaban J connectivity index is 1.55. The number of hydrogen-bond donors (Lipinski definition) is 2. The van der Waals surface area contributed by atoms with Crippen LogP contribution >= 0.6 is 0 Å². The molecule has 1 aromatic carbocycles. The summed E-state index contributed by atoms with van der Waals surface area (Å²) in [5, 5.41) is 12.6. The van der Waals surface area contributed by atoms with Gasteiger partial charge in [0.05, 0.1) is 0 Å². The minimum atomic E-state index is 0.325. The Kier molecular flexibility index (Phi) is 4.85. The number of aromatic nitrogens is 1. The highest BCUT2D eigenvalue weighted by Crippen LogP contribution is 2.09. The Labute approximate surface area is 108 Å². The molecule has 0 saturated carbocycles. The number of benzene rings is 1. The smallest absolute Gasteiger partial charge is 0.115 e. The maximum Gasteiger partial charge on any atom is 0.115 e. The van der Waals surface area contributed by atoms with Crippen LogP contribution < -0.4 is 5.32 Å². The van der Waals surface area contributed by atoms with Crippen molar-refractivity contribution < 1.29 is 5.11 Å². The largest absolute Gasteiger partial charge is 0.508 e. The van der Waals surface area contributed by atoms with Crippen LogP contribution in [0.2, 0.25) is 0 Å². The lowest BCUT2D eigenvalue weighted by Gasteiger charge is -2.06. The van der Waals surface area contributed by atoms with Crippen LogP contribution in [0.5, 0.6) is 5.75 Å². The first-order valence-electron chi connectivity index (χ1n) is 6.44. The summed E-state index contributed by atoms with van der Waals surface area (Å²) in [6.07, 6.45) is 6.57. The van der Waals surface area contributed by atoms with Crippen LogP contribution in [0.3, 0.4) is 0 Å². The molecule has 2 N–H and O–H groups in total. The number of phenols is 1. The van der Waals surface area contributed by atoms with Crippen molar-refractivity contribution in [1.82, 2.24) is 9.88 Å². The molecule has 1 aromatic heterocycles. The quantitative estimate of drug-likeness (QED) is 0.735. The van der Waals surface area contributed by atoms with Gasteiger partial charge in [-0.2, -0.15) is 0 Å². The third kappa shape index (κ3) is 4.26. The monoisotopic (exact) mass is 244 g/mol. The SMILES string of the molecule is Oc1ccc(CNCCCCn2cccc2)cc1. The number of aromatic hydroxyl groups is 1. The molecule has 2 aromatic rings. The molecule has 0 aliphatic rings. The van der Waals surface area contributed by atoms with Crippen LogP contribution in [-0.2, 0) is 13.1 Å². The summed E-state index contributed by atoms with van der Waals surface area (Å²) in [7, 11) is 0. The van der Waals surface area contributed by atoms with Crippen LogP contribution in [0, 0.1) is 0 Å². The maximum atomic E-state index is 9.17. The van der Waals surface area contributed by atoms with Crippen molar-refractivity contribution in [2.45, 2.75) is 25.9 Å². The van der Waals surface area contributed by atoms with E-state index < -0.39 is 0 Å². The van der Waals surface area contributed by atoms with Gasteiger partial charge in [-0.15, -0.1) is 0 Å². The third-order valence-electron chi connectivity index (χ3n) is 2.95. The standard InChI is InChI=1S/C15H20N2O/c18-15-7-5-14(6-8-15)13-16-9-1-2-10-17-11-3-4-12-17/h3-8,11-12,16,18H,1-2,9-10,13H2. The van der Waals surface area contributed by atoms with Gasteiger partial charge in [0.1, 0.15) is 5.75 Å². The van der Waals surface area contributed by atoms with Crippen molar-refractivity contribution in [2.75, 3.05) is 6.54 Å². The molecule has 1 heterocycles. The van der Waals surface area contributed by atoms with Crippen molar-refractivity contribution in [3.63, 3.8) is 0 Å². The molecular weight excluding hydrogens is 224 g/mol. The molecule has 0 radical (unpaired) electrons. The summed E-state index contributed by atoms with van der Waals surface area (Å²) in [4.78, 5) is 0. The Morgan fingerprint density at radius 1 is 1.00 bits per heavy atom. The van der Waals surface area contributed by atoms with Crippen molar-refractivity contribution in [1.29, 1.82) is 0 Å². The molecule has 3 nitrogen and oxygen atoms in total. The fraction of sp³-hybridized carbons (Fsp3) is 0.333. The van der Waals surface area contributed by atoms with Crippen molar-refractivity contribution >= 4 is 0 Å². The van der Waals surface area contributed by atoms with E-state index in [1.54, 1.807) is 12.1 Å². The molecule has 2 rings (SSSR count). The average molecular weight is 244 g/mol. The Morgan fingerprint density at radius 2 is 1.72 bits per heavy atom. The molecule has 0 unspecified atom stereocenters. The third-order valence-corrected chi connectivity index (χ3v) is 2.95. The zero-order valence-corrected chi connectivity index (χ0v) is 10.5. The Hall–Kier alpha value is -1.74. The summed E-state index contributed by atoms with van der Waals surface area (Å²) in [5.41, 5.74) is 1.21. The van der Waals surface area contributed by atoms with Gasteiger partial charge in [0, 0.05) is 25.5 Å². The van der Waals surface area contributed by atoms with Gasteiger partial charge in [-0.1, -0.05) is 12.1 Å². The van der Waals surface area contributed by atoms with Crippen molar-refractivity contribution in [2.24, 2.45) is 0 Å². The van der Waals surface area contributed by atoms with Gasteiger partial charge in [0.15, 0.2) is 0 Å². The molecule has 0 spiro atoms. The maximum absolute atomic E-state index is 9.17. The molecule has 0 saturated heterocycles. The second-order valence-corrected chi connectivity index (χ2v) is 4.47. The number of nitrogens with zero attached hydrogens (tertiary/aromatic N) is 1. The Morgan fingerprint density at radius 3 is 2.44 bits per heavy atom. The first-order chi connectivity index (χ1) is 8.84. The molecule has 0 aliphatic heterocycles. The Bertz CT molecular complexity index is 434. The second-order valence-electron chi connectivity index (χ2n) is 4.47. The molecule has 18 heavy (non-hydrogen) atoms.